The van der Waals surface area contributed by atoms with Crippen LogP contribution in [0.1, 0.15) is 17.4 Å². The first kappa shape index (κ1) is 9.34. The number of nitrogens with zero attached hydrogens (tertiary/aromatic N) is 3. The Labute approximate surface area is 78.1 Å². The largest absolute Gasteiger partial charge is 0.321 e. The van der Waals surface area contributed by atoms with E-state index in [9.17, 15) is 4.79 Å². The standard InChI is InChI=1S/C6H9BrN4O/c1-3(8)5(12)4-6(7)9-10-11(4)2/h3H,8H2,1-2H3. The van der Waals surface area contributed by atoms with Crippen molar-refractivity contribution in [2.24, 2.45) is 12.8 Å². The highest BCUT2D eigenvalue weighted by Crippen LogP contribution is 2.12. The van der Waals surface area contributed by atoms with E-state index in [2.05, 4.69) is 26.2 Å². The first-order chi connectivity index (χ1) is 5.54. The fourth-order valence-corrected chi connectivity index (χ4v) is 1.33. The lowest BCUT2D eigenvalue weighted by Crippen LogP contribution is -2.28. The maximum Gasteiger partial charge on any atom is 0.200 e. The summed E-state index contributed by atoms with van der Waals surface area (Å²) in [5, 5.41) is 7.34. The minimum Gasteiger partial charge on any atom is -0.321 e. The van der Waals surface area contributed by atoms with Crippen LogP contribution in [0.5, 0.6) is 0 Å². The first-order valence-electron chi connectivity index (χ1n) is 3.39. The molecule has 0 aromatic carbocycles. The van der Waals surface area contributed by atoms with Crippen LogP contribution < -0.4 is 5.73 Å². The number of rotatable bonds is 2. The normalized spacial score (nSPS) is 13.0. The van der Waals surface area contributed by atoms with Crippen molar-refractivity contribution in [2.75, 3.05) is 0 Å². The van der Waals surface area contributed by atoms with Gasteiger partial charge in [0.15, 0.2) is 10.4 Å². The summed E-state index contributed by atoms with van der Waals surface area (Å²) in [4.78, 5) is 11.4. The molecule has 12 heavy (non-hydrogen) atoms. The Kier molecular flexibility index (Phi) is 2.58. The van der Waals surface area contributed by atoms with Crippen molar-refractivity contribution < 1.29 is 4.79 Å². The lowest BCUT2D eigenvalue weighted by molar-refractivity contribution is 0.0958. The van der Waals surface area contributed by atoms with Gasteiger partial charge < -0.3 is 5.73 Å². The van der Waals surface area contributed by atoms with Crippen LogP contribution in [-0.2, 0) is 7.05 Å². The van der Waals surface area contributed by atoms with Crippen LogP contribution in [-0.4, -0.2) is 26.8 Å². The predicted octanol–water partition coefficient (Wildman–Crippen LogP) is 0.107. The van der Waals surface area contributed by atoms with E-state index in [0.29, 0.717) is 10.3 Å². The van der Waals surface area contributed by atoms with Crippen molar-refractivity contribution in [1.29, 1.82) is 0 Å². The number of halogens is 1. The highest BCUT2D eigenvalue weighted by molar-refractivity contribution is 9.10. The molecule has 1 aromatic heterocycles. The Morgan fingerprint density at radius 2 is 2.33 bits per heavy atom. The zero-order chi connectivity index (χ0) is 9.30. The highest BCUT2D eigenvalue weighted by atomic mass is 79.9. The number of hydrogen-bond acceptors (Lipinski definition) is 4. The zero-order valence-electron chi connectivity index (χ0n) is 6.78. The summed E-state index contributed by atoms with van der Waals surface area (Å²) in [6.07, 6.45) is 0. The van der Waals surface area contributed by atoms with Crippen molar-refractivity contribution in [1.82, 2.24) is 15.0 Å². The molecule has 1 rings (SSSR count). The van der Waals surface area contributed by atoms with Crippen molar-refractivity contribution in [3.05, 3.63) is 10.3 Å². The van der Waals surface area contributed by atoms with Gasteiger partial charge in [-0.15, -0.1) is 5.10 Å². The quantitative estimate of drug-likeness (QED) is 0.735. The number of nitrogens with two attached hydrogens (primary N) is 1. The molecule has 66 valence electrons. The topological polar surface area (TPSA) is 73.8 Å². The molecule has 1 atom stereocenters. The fraction of sp³-hybridized carbons (Fsp3) is 0.500. The van der Waals surface area contributed by atoms with Gasteiger partial charge in [0, 0.05) is 7.05 Å². The second kappa shape index (κ2) is 3.32. The molecule has 0 amide bonds. The van der Waals surface area contributed by atoms with E-state index in [0.717, 1.165) is 0 Å². The van der Waals surface area contributed by atoms with Crippen LogP contribution in [0.3, 0.4) is 0 Å². The maximum atomic E-state index is 11.4. The maximum absolute atomic E-state index is 11.4. The van der Waals surface area contributed by atoms with E-state index in [1.165, 1.54) is 4.68 Å². The predicted molar refractivity (Wildman–Crippen MR) is 46.7 cm³/mol. The Morgan fingerprint density at radius 3 is 2.67 bits per heavy atom. The van der Waals surface area contributed by atoms with E-state index < -0.39 is 6.04 Å². The molecule has 0 saturated carbocycles. The Hall–Kier alpha value is -0.750. The van der Waals surface area contributed by atoms with Crippen molar-refractivity contribution >= 4 is 21.7 Å². The Morgan fingerprint density at radius 1 is 1.75 bits per heavy atom. The molecule has 0 bridgehead atoms. The monoisotopic (exact) mass is 232 g/mol. The lowest BCUT2D eigenvalue weighted by Gasteiger charge is -2.02. The fourth-order valence-electron chi connectivity index (χ4n) is 0.809. The number of aromatic nitrogens is 3. The minimum absolute atomic E-state index is 0.172. The van der Waals surface area contributed by atoms with Crippen LogP contribution in [0.4, 0.5) is 0 Å². The summed E-state index contributed by atoms with van der Waals surface area (Å²) < 4.78 is 1.84. The summed E-state index contributed by atoms with van der Waals surface area (Å²) in [5.41, 5.74) is 5.83. The van der Waals surface area contributed by atoms with Gasteiger partial charge in [-0.3, -0.25) is 4.79 Å². The third kappa shape index (κ3) is 1.54. The molecule has 1 aromatic rings. The minimum atomic E-state index is -0.529. The molecule has 0 aliphatic rings. The van der Waals surface area contributed by atoms with Crippen LogP contribution in [0.25, 0.3) is 0 Å². The number of carbonyl (C=O) groups excluding carboxylic acids is 1. The van der Waals surface area contributed by atoms with Crippen molar-refractivity contribution in [2.45, 2.75) is 13.0 Å². The van der Waals surface area contributed by atoms with Gasteiger partial charge in [-0.1, -0.05) is 5.21 Å². The number of Topliss-reactive ketones (excluding diaryl/α,β-unsaturated/α-hetero) is 1. The molecule has 2 N–H and O–H groups in total. The molecule has 0 aliphatic heterocycles. The van der Waals surface area contributed by atoms with Gasteiger partial charge in [-0.25, -0.2) is 4.68 Å². The van der Waals surface area contributed by atoms with Crippen LogP contribution in [0, 0.1) is 0 Å². The van der Waals surface area contributed by atoms with E-state index in [4.69, 9.17) is 5.73 Å². The van der Waals surface area contributed by atoms with Gasteiger partial charge in [0.1, 0.15) is 5.69 Å². The van der Waals surface area contributed by atoms with Gasteiger partial charge in [0.25, 0.3) is 0 Å². The van der Waals surface area contributed by atoms with Gasteiger partial charge >= 0.3 is 0 Å². The molecule has 0 aliphatic carbocycles. The second-order valence-corrected chi connectivity index (χ2v) is 3.26. The molecular formula is C6H9BrN4O. The SMILES string of the molecule is CC(N)C(=O)c1c(Br)nnn1C. The van der Waals surface area contributed by atoms with Crippen LogP contribution >= 0.6 is 15.9 Å². The molecular weight excluding hydrogens is 224 g/mol. The Balaban J connectivity index is 3.09. The molecule has 6 heteroatoms. The highest BCUT2D eigenvalue weighted by Gasteiger charge is 2.19. The molecule has 0 fully saturated rings. The smallest absolute Gasteiger partial charge is 0.200 e. The molecule has 1 unspecified atom stereocenters. The number of aryl methyl sites for hydroxylation is 1. The molecule has 0 saturated heterocycles. The van der Waals surface area contributed by atoms with Gasteiger partial charge in [-0.05, 0) is 22.9 Å². The first-order valence-corrected chi connectivity index (χ1v) is 4.18. The van der Waals surface area contributed by atoms with E-state index in [-0.39, 0.29) is 5.78 Å². The van der Waals surface area contributed by atoms with Gasteiger partial charge in [0.2, 0.25) is 0 Å². The molecule has 0 radical (unpaired) electrons. The van der Waals surface area contributed by atoms with E-state index in [1.54, 1.807) is 14.0 Å². The molecule has 1 heterocycles. The summed E-state index contributed by atoms with van der Waals surface area (Å²) in [6.45, 7) is 1.63. The number of hydrogen-bond donors (Lipinski definition) is 1. The van der Waals surface area contributed by atoms with Crippen LogP contribution in [0.15, 0.2) is 4.60 Å². The Bertz CT molecular complexity index is 287. The zero-order valence-corrected chi connectivity index (χ0v) is 8.37. The van der Waals surface area contributed by atoms with E-state index in [1.807, 2.05) is 0 Å². The third-order valence-electron chi connectivity index (χ3n) is 1.43. The number of ketones is 1. The number of carbonyl (C=O) groups is 1. The summed E-state index contributed by atoms with van der Waals surface area (Å²) in [7, 11) is 1.65. The second-order valence-electron chi connectivity index (χ2n) is 2.51. The van der Waals surface area contributed by atoms with Gasteiger partial charge in [-0.2, -0.15) is 0 Å². The summed E-state index contributed by atoms with van der Waals surface area (Å²) >= 11 is 3.12. The third-order valence-corrected chi connectivity index (χ3v) is 1.97. The van der Waals surface area contributed by atoms with Gasteiger partial charge in [0.05, 0.1) is 6.04 Å². The van der Waals surface area contributed by atoms with Crippen molar-refractivity contribution in [3.63, 3.8) is 0 Å². The lowest BCUT2D eigenvalue weighted by atomic mass is 10.2. The molecule has 5 nitrogen and oxygen atoms in total. The van der Waals surface area contributed by atoms with Crippen LogP contribution in [0.2, 0.25) is 0 Å². The average Bonchev–Trinajstić information content (AvgIpc) is 2.30. The summed E-state index contributed by atoms with van der Waals surface area (Å²) in [6, 6.07) is -0.529. The van der Waals surface area contributed by atoms with E-state index >= 15 is 0 Å². The average molecular weight is 233 g/mol. The molecule has 0 spiro atoms. The van der Waals surface area contributed by atoms with Crippen molar-refractivity contribution in [3.8, 4) is 0 Å². The summed E-state index contributed by atoms with van der Waals surface area (Å²) in [5.74, 6) is -0.172.